The second-order valence-electron chi connectivity index (χ2n) is 6.25. The van der Waals surface area contributed by atoms with Gasteiger partial charge in [-0.3, -0.25) is 4.79 Å². The Morgan fingerprint density at radius 2 is 1.59 bits per heavy atom. The molecule has 3 rings (SSSR count). The first-order valence-corrected chi connectivity index (χ1v) is 9.44. The van der Waals surface area contributed by atoms with Gasteiger partial charge in [-0.05, 0) is 30.7 Å². The minimum absolute atomic E-state index is 0.345. The zero-order valence-electron chi connectivity index (χ0n) is 15.8. The largest absolute Gasteiger partial charge is 0.480 e. The fourth-order valence-corrected chi connectivity index (χ4v) is 2.87. The van der Waals surface area contributed by atoms with Crippen LogP contribution in [0.2, 0.25) is 5.02 Å². The molecule has 0 aromatic heterocycles. The number of anilines is 1. The van der Waals surface area contributed by atoms with Crippen LogP contribution in [0.3, 0.4) is 0 Å². The Bertz CT molecular complexity index is 991. The summed E-state index contributed by atoms with van der Waals surface area (Å²) in [5, 5.41) is 3.21. The highest BCUT2D eigenvalue weighted by Gasteiger charge is 2.19. The van der Waals surface area contributed by atoms with Crippen LogP contribution >= 0.6 is 11.6 Å². The third-order valence-corrected chi connectivity index (χ3v) is 4.44. The highest BCUT2D eigenvalue weighted by molar-refractivity contribution is 6.32. The Hall–Kier alpha value is -3.31. The van der Waals surface area contributed by atoms with Gasteiger partial charge in [0.25, 0.3) is 5.91 Å². The molecule has 3 aromatic rings. The van der Waals surface area contributed by atoms with E-state index in [1.54, 1.807) is 30.3 Å². The molecule has 6 heteroatoms. The molecular formula is C23H20ClNO4. The van der Waals surface area contributed by atoms with E-state index in [0.717, 1.165) is 11.1 Å². The maximum absolute atomic E-state index is 12.5. The second-order valence-corrected chi connectivity index (χ2v) is 6.66. The van der Waals surface area contributed by atoms with Gasteiger partial charge in [0.15, 0.2) is 12.7 Å². The van der Waals surface area contributed by atoms with Gasteiger partial charge in [-0.2, -0.15) is 0 Å². The molecule has 1 unspecified atom stereocenters. The number of nitrogens with one attached hydrogen (secondary N) is 1. The number of hydrogen-bond acceptors (Lipinski definition) is 4. The molecule has 0 bridgehead atoms. The number of esters is 1. The Balaban J connectivity index is 1.59. The van der Waals surface area contributed by atoms with Gasteiger partial charge < -0.3 is 14.8 Å². The lowest BCUT2D eigenvalue weighted by Crippen LogP contribution is -2.31. The first kappa shape index (κ1) is 20.4. The van der Waals surface area contributed by atoms with E-state index in [1.165, 1.54) is 6.92 Å². The van der Waals surface area contributed by atoms with E-state index in [-0.39, 0.29) is 6.61 Å². The number of para-hydroxylation sites is 2. The molecule has 1 N–H and O–H groups in total. The van der Waals surface area contributed by atoms with Crippen molar-refractivity contribution in [2.24, 2.45) is 0 Å². The van der Waals surface area contributed by atoms with E-state index in [4.69, 9.17) is 21.1 Å². The number of halogens is 1. The quantitative estimate of drug-likeness (QED) is 0.560. The average molecular weight is 410 g/mol. The van der Waals surface area contributed by atoms with Crippen molar-refractivity contribution in [3.8, 4) is 16.9 Å². The average Bonchev–Trinajstić information content (AvgIpc) is 2.74. The van der Waals surface area contributed by atoms with Crippen molar-refractivity contribution in [2.75, 3.05) is 11.9 Å². The molecule has 0 aliphatic rings. The molecule has 29 heavy (non-hydrogen) atoms. The number of carbonyl (C=O) groups excluding carboxylic acids is 2. The third kappa shape index (κ3) is 5.59. The van der Waals surface area contributed by atoms with E-state index in [9.17, 15) is 9.59 Å². The highest BCUT2D eigenvalue weighted by Crippen LogP contribution is 2.27. The van der Waals surface area contributed by atoms with Crippen LogP contribution in [0.15, 0.2) is 78.9 Å². The molecule has 0 spiro atoms. The van der Waals surface area contributed by atoms with Gasteiger partial charge in [0.1, 0.15) is 5.75 Å². The van der Waals surface area contributed by atoms with Gasteiger partial charge in [-0.15, -0.1) is 0 Å². The molecule has 148 valence electrons. The summed E-state index contributed by atoms with van der Waals surface area (Å²) >= 11 is 5.98. The van der Waals surface area contributed by atoms with E-state index >= 15 is 0 Å². The number of benzene rings is 3. The van der Waals surface area contributed by atoms with Gasteiger partial charge in [-0.25, -0.2) is 4.79 Å². The minimum Gasteiger partial charge on any atom is -0.480 e. The van der Waals surface area contributed by atoms with Gasteiger partial charge in [0.05, 0.1) is 5.02 Å². The zero-order valence-corrected chi connectivity index (χ0v) is 16.6. The molecule has 0 aliphatic heterocycles. The first-order chi connectivity index (χ1) is 14.0. The van der Waals surface area contributed by atoms with Crippen molar-refractivity contribution < 1.29 is 19.1 Å². The molecule has 3 aromatic carbocycles. The maximum atomic E-state index is 12.5. The van der Waals surface area contributed by atoms with Crippen LogP contribution in [0.4, 0.5) is 5.69 Å². The van der Waals surface area contributed by atoms with Gasteiger partial charge in [-0.1, -0.05) is 72.3 Å². The predicted molar refractivity (Wildman–Crippen MR) is 113 cm³/mol. The SMILES string of the molecule is CC(OC(=O)COc1ccccc1Cl)C(=O)Nc1ccccc1-c1ccccc1. The van der Waals surface area contributed by atoms with Crippen LogP contribution in [0, 0.1) is 0 Å². The summed E-state index contributed by atoms with van der Waals surface area (Å²) < 4.78 is 10.5. The molecule has 0 fully saturated rings. The summed E-state index contributed by atoms with van der Waals surface area (Å²) in [4.78, 5) is 24.5. The maximum Gasteiger partial charge on any atom is 0.344 e. The van der Waals surface area contributed by atoms with Crippen LogP contribution < -0.4 is 10.1 Å². The molecule has 0 heterocycles. The number of amides is 1. The molecule has 0 saturated heterocycles. The molecule has 5 nitrogen and oxygen atoms in total. The van der Waals surface area contributed by atoms with E-state index in [0.29, 0.717) is 16.5 Å². The molecule has 0 saturated carbocycles. The summed E-state index contributed by atoms with van der Waals surface area (Å²) in [6, 6.07) is 23.9. The molecule has 0 aliphatic carbocycles. The molecule has 1 atom stereocenters. The lowest BCUT2D eigenvalue weighted by Gasteiger charge is -2.16. The summed E-state index contributed by atoms with van der Waals surface area (Å²) in [5.41, 5.74) is 2.49. The topological polar surface area (TPSA) is 64.6 Å². The van der Waals surface area contributed by atoms with Crippen LogP contribution in [0.5, 0.6) is 5.75 Å². The van der Waals surface area contributed by atoms with Crippen molar-refractivity contribution in [1.29, 1.82) is 0 Å². The van der Waals surface area contributed by atoms with Crippen molar-refractivity contribution in [1.82, 2.24) is 0 Å². The zero-order chi connectivity index (χ0) is 20.6. The number of rotatable bonds is 7. The number of ether oxygens (including phenoxy) is 2. The van der Waals surface area contributed by atoms with Crippen molar-refractivity contribution >= 4 is 29.2 Å². The van der Waals surface area contributed by atoms with Gasteiger partial charge in [0, 0.05) is 11.3 Å². The van der Waals surface area contributed by atoms with Gasteiger partial charge in [0.2, 0.25) is 0 Å². The van der Waals surface area contributed by atoms with Crippen molar-refractivity contribution in [3.63, 3.8) is 0 Å². The summed E-state index contributed by atoms with van der Waals surface area (Å²) in [5.74, 6) is -0.719. The second kappa shape index (κ2) is 9.75. The van der Waals surface area contributed by atoms with Crippen LogP contribution in [0.1, 0.15) is 6.92 Å². The van der Waals surface area contributed by atoms with Gasteiger partial charge >= 0.3 is 5.97 Å². The van der Waals surface area contributed by atoms with Crippen molar-refractivity contribution in [2.45, 2.75) is 13.0 Å². The minimum atomic E-state index is -0.985. The lowest BCUT2D eigenvalue weighted by molar-refractivity contribution is -0.155. The lowest BCUT2D eigenvalue weighted by atomic mass is 10.0. The fraction of sp³-hybridized carbons (Fsp3) is 0.130. The summed E-state index contributed by atoms with van der Waals surface area (Å²) in [6.07, 6.45) is -0.985. The normalized spacial score (nSPS) is 11.4. The van der Waals surface area contributed by atoms with Crippen LogP contribution in [0.25, 0.3) is 11.1 Å². The molecule has 0 radical (unpaired) electrons. The smallest absolute Gasteiger partial charge is 0.344 e. The fourth-order valence-electron chi connectivity index (χ4n) is 2.68. The highest BCUT2D eigenvalue weighted by atomic mass is 35.5. The summed E-state index contributed by atoms with van der Waals surface area (Å²) in [7, 11) is 0. The third-order valence-electron chi connectivity index (χ3n) is 4.13. The van der Waals surface area contributed by atoms with Crippen LogP contribution in [-0.2, 0) is 14.3 Å². The Labute approximate surface area is 174 Å². The predicted octanol–water partition coefficient (Wildman–Crippen LogP) is 4.96. The van der Waals surface area contributed by atoms with E-state index in [1.807, 2.05) is 48.5 Å². The Morgan fingerprint density at radius 1 is 0.931 bits per heavy atom. The standard InChI is InChI=1S/C23H20ClNO4/c1-16(29-22(26)15-28-21-14-8-6-12-19(21)24)23(27)25-20-13-7-5-11-18(20)17-9-3-2-4-10-17/h2-14,16H,15H2,1H3,(H,25,27). The Morgan fingerprint density at radius 3 is 2.34 bits per heavy atom. The molecular weight excluding hydrogens is 390 g/mol. The molecule has 1 amide bonds. The van der Waals surface area contributed by atoms with E-state index in [2.05, 4.69) is 5.32 Å². The summed E-state index contributed by atoms with van der Waals surface area (Å²) in [6.45, 7) is 1.16. The number of carbonyl (C=O) groups is 2. The Kier molecular flexibility index (Phi) is 6.87. The van der Waals surface area contributed by atoms with Crippen LogP contribution in [-0.4, -0.2) is 24.6 Å². The van der Waals surface area contributed by atoms with Crippen molar-refractivity contribution in [3.05, 3.63) is 83.9 Å². The first-order valence-electron chi connectivity index (χ1n) is 9.06. The number of hydrogen-bond donors (Lipinski definition) is 1. The monoisotopic (exact) mass is 409 g/mol. The van der Waals surface area contributed by atoms with E-state index < -0.39 is 18.0 Å².